The molecule has 3 heterocycles. The molecule has 5 nitrogen and oxygen atoms in total. The van der Waals surface area contributed by atoms with Crippen molar-refractivity contribution >= 4 is 71.9 Å². The smallest absolute Gasteiger partial charge is 0.227 e. The van der Waals surface area contributed by atoms with Gasteiger partial charge in [-0.2, -0.15) is 0 Å². The predicted octanol–water partition coefficient (Wildman–Crippen LogP) is 15.3. The van der Waals surface area contributed by atoms with Crippen LogP contribution in [0.4, 0.5) is 17.1 Å². The Labute approximate surface area is 345 Å². The molecule has 5 heteroatoms. The van der Waals surface area contributed by atoms with E-state index in [0.29, 0.717) is 5.89 Å². The molecule has 0 saturated heterocycles. The Morgan fingerprint density at radius 1 is 0.367 bits per heavy atom. The van der Waals surface area contributed by atoms with Crippen molar-refractivity contribution < 1.29 is 8.83 Å². The van der Waals surface area contributed by atoms with Crippen LogP contribution in [-0.4, -0.2) is 9.55 Å². The largest absolute Gasteiger partial charge is 0.456 e. The van der Waals surface area contributed by atoms with Crippen molar-refractivity contribution in [3.05, 3.63) is 212 Å². The molecule has 12 rings (SSSR count). The second kappa shape index (κ2) is 13.8. The Balaban J connectivity index is 0.972. The molecule has 0 N–H and O–H groups in total. The average Bonchev–Trinajstić information content (AvgIpc) is 4.02. The van der Waals surface area contributed by atoms with Gasteiger partial charge < -0.3 is 18.3 Å². The van der Waals surface area contributed by atoms with Crippen molar-refractivity contribution in [3.8, 4) is 39.4 Å². The van der Waals surface area contributed by atoms with Gasteiger partial charge in [-0.05, 0) is 113 Å². The number of para-hydroxylation sites is 2. The van der Waals surface area contributed by atoms with Crippen molar-refractivity contribution in [2.75, 3.05) is 4.90 Å². The van der Waals surface area contributed by atoms with Crippen molar-refractivity contribution in [2.24, 2.45) is 0 Å². The minimum Gasteiger partial charge on any atom is -0.456 e. The summed E-state index contributed by atoms with van der Waals surface area (Å²) in [4.78, 5) is 7.29. The molecule has 0 radical (unpaired) electrons. The van der Waals surface area contributed by atoms with E-state index in [2.05, 4.69) is 179 Å². The second-order valence-corrected chi connectivity index (χ2v) is 15.2. The fourth-order valence-corrected chi connectivity index (χ4v) is 8.79. The van der Waals surface area contributed by atoms with Crippen LogP contribution >= 0.6 is 0 Å². The van der Waals surface area contributed by atoms with E-state index >= 15 is 0 Å². The zero-order chi connectivity index (χ0) is 39.6. The molecular weight excluding hydrogens is 735 g/mol. The van der Waals surface area contributed by atoms with E-state index in [0.717, 1.165) is 83.6 Å². The van der Waals surface area contributed by atoms with Crippen LogP contribution in [0.15, 0.2) is 221 Å². The van der Waals surface area contributed by atoms with Crippen molar-refractivity contribution in [3.63, 3.8) is 0 Å². The number of aromatic nitrogens is 2. The van der Waals surface area contributed by atoms with E-state index in [4.69, 9.17) is 13.8 Å². The van der Waals surface area contributed by atoms with Crippen LogP contribution in [0.2, 0.25) is 0 Å². The molecule has 0 spiro atoms. The molecular formula is C55H35N3O2. The Hall–Kier alpha value is -8.15. The molecule has 0 aliphatic heterocycles. The number of oxazole rings is 1. The van der Waals surface area contributed by atoms with E-state index in [1.807, 2.05) is 42.5 Å². The van der Waals surface area contributed by atoms with Gasteiger partial charge in [0.15, 0.2) is 5.58 Å². The highest BCUT2D eigenvalue weighted by Gasteiger charge is 2.20. The van der Waals surface area contributed by atoms with Gasteiger partial charge in [0.1, 0.15) is 16.7 Å². The first kappa shape index (κ1) is 33.9. The standard InChI is InChI=1S/C55H35N3O2/c1-4-13-36(14-5-1)39-17-12-20-43(33-39)57(44-28-30-46-45-21-10-11-22-48(45)58(49(46)35-44)41-18-8-3-9-19-41)42-26-23-37(24-27-42)40-25-29-47-52(34-40)59-50-31-32-51-54(53(47)50)56-55(60-51)38-15-6-2-7-16-38/h1-35H. The Kier molecular flexibility index (Phi) is 7.78. The number of hydrogen-bond donors (Lipinski definition) is 0. The zero-order valence-corrected chi connectivity index (χ0v) is 32.4. The van der Waals surface area contributed by atoms with Crippen LogP contribution in [-0.2, 0) is 0 Å². The van der Waals surface area contributed by atoms with E-state index in [1.54, 1.807) is 0 Å². The predicted molar refractivity (Wildman–Crippen MR) is 247 cm³/mol. The van der Waals surface area contributed by atoms with E-state index < -0.39 is 0 Å². The fourth-order valence-electron chi connectivity index (χ4n) is 8.79. The third kappa shape index (κ3) is 5.59. The summed E-state index contributed by atoms with van der Waals surface area (Å²) >= 11 is 0. The molecule has 3 aromatic heterocycles. The summed E-state index contributed by atoms with van der Waals surface area (Å²) in [6.45, 7) is 0. The summed E-state index contributed by atoms with van der Waals surface area (Å²) in [6.07, 6.45) is 0. The van der Waals surface area contributed by atoms with E-state index in [-0.39, 0.29) is 0 Å². The molecule has 0 atom stereocenters. The number of hydrogen-bond acceptors (Lipinski definition) is 4. The summed E-state index contributed by atoms with van der Waals surface area (Å²) in [5.41, 5.74) is 15.2. The summed E-state index contributed by atoms with van der Waals surface area (Å²) in [6, 6.07) is 74.7. The summed E-state index contributed by atoms with van der Waals surface area (Å²) in [5.74, 6) is 0.600. The van der Waals surface area contributed by atoms with Gasteiger partial charge in [-0.25, -0.2) is 4.98 Å². The number of anilines is 3. The van der Waals surface area contributed by atoms with E-state index in [9.17, 15) is 0 Å². The maximum Gasteiger partial charge on any atom is 0.227 e. The molecule has 0 bridgehead atoms. The molecule has 0 unspecified atom stereocenters. The summed E-state index contributed by atoms with van der Waals surface area (Å²) < 4.78 is 15.0. The number of rotatable bonds is 7. The SMILES string of the molecule is c1ccc(-c2cccc(N(c3ccc(-c4ccc5c(c4)oc4ccc6oc(-c7ccccc7)nc6c45)cc3)c3ccc4c5ccccc5n(-c5ccccc5)c4c3)c2)cc1. The topological polar surface area (TPSA) is 47.3 Å². The highest BCUT2D eigenvalue weighted by Crippen LogP contribution is 2.42. The van der Waals surface area contributed by atoms with Crippen molar-refractivity contribution in [1.82, 2.24) is 9.55 Å². The molecule has 0 amide bonds. The maximum absolute atomic E-state index is 6.47. The van der Waals surface area contributed by atoms with Crippen LogP contribution in [0, 0.1) is 0 Å². The van der Waals surface area contributed by atoms with Gasteiger partial charge in [-0.1, -0.05) is 121 Å². The van der Waals surface area contributed by atoms with Crippen molar-refractivity contribution in [1.29, 1.82) is 0 Å². The lowest BCUT2D eigenvalue weighted by molar-refractivity contribution is 0.619. The highest BCUT2D eigenvalue weighted by atomic mass is 16.4. The minimum absolute atomic E-state index is 0.600. The van der Waals surface area contributed by atoms with Crippen LogP contribution in [0.5, 0.6) is 0 Å². The molecule has 9 aromatic carbocycles. The van der Waals surface area contributed by atoms with Gasteiger partial charge >= 0.3 is 0 Å². The second-order valence-electron chi connectivity index (χ2n) is 15.2. The van der Waals surface area contributed by atoms with E-state index in [1.165, 1.54) is 21.9 Å². The average molecular weight is 770 g/mol. The monoisotopic (exact) mass is 769 g/mol. The minimum atomic E-state index is 0.600. The first-order chi connectivity index (χ1) is 29.7. The molecule has 0 saturated carbocycles. The van der Waals surface area contributed by atoms with Gasteiger partial charge in [-0.15, -0.1) is 0 Å². The van der Waals surface area contributed by atoms with Crippen LogP contribution in [0.1, 0.15) is 0 Å². The molecule has 0 aliphatic carbocycles. The van der Waals surface area contributed by atoms with Gasteiger partial charge in [0, 0.05) is 44.5 Å². The lowest BCUT2D eigenvalue weighted by Crippen LogP contribution is -2.10. The molecule has 12 aromatic rings. The van der Waals surface area contributed by atoms with Gasteiger partial charge in [-0.3, -0.25) is 0 Å². The van der Waals surface area contributed by atoms with Gasteiger partial charge in [0.2, 0.25) is 5.89 Å². The Morgan fingerprint density at radius 3 is 1.78 bits per heavy atom. The number of furan rings is 1. The third-order valence-electron chi connectivity index (χ3n) is 11.6. The van der Waals surface area contributed by atoms with Gasteiger partial charge in [0.05, 0.1) is 16.4 Å². The first-order valence-corrected chi connectivity index (χ1v) is 20.2. The third-order valence-corrected chi connectivity index (χ3v) is 11.6. The molecule has 0 fully saturated rings. The fraction of sp³-hybridized carbons (Fsp3) is 0. The van der Waals surface area contributed by atoms with Gasteiger partial charge in [0.25, 0.3) is 0 Å². The molecule has 282 valence electrons. The Bertz CT molecular complexity index is 3530. The summed E-state index contributed by atoms with van der Waals surface area (Å²) in [7, 11) is 0. The van der Waals surface area contributed by atoms with Crippen LogP contribution in [0.3, 0.4) is 0 Å². The highest BCUT2D eigenvalue weighted by molar-refractivity contribution is 6.17. The molecule has 0 aliphatic rings. The number of fused-ring (bicyclic) bond motifs is 8. The Morgan fingerprint density at radius 2 is 0.967 bits per heavy atom. The quantitative estimate of drug-likeness (QED) is 0.162. The maximum atomic E-state index is 6.47. The van der Waals surface area contributed by atoms with Crippen LogP contribution < -0.4 is 4.90 Å². The normalized spacial score (nSPS) is 11.7. The number of benzene rings is 9. The van der Waals surface area contributed by atoms with Crippen molar-refractivity contribution in [2.45, 2.75) is 0 Å². The first-order valence-electron chi connectivity index (χ1n) is 20.2. The molecule has 60 heavy (non-hydrogen) atoms. The zero-order valence-electron chi connectivity index (χ0n) is 32.4. The lowest BCUT2D eigenvalue weighted by Gasteiger charge is -2.26. The lowest BCUT2D eigenvalue weighted by atomic mass is 10.0. The van der Waals surface area contributed by atoms with Crippen LogP contribution in [0.25, 0.3) is 94.2 Å². The number of nitrogens with zero attached hydrogens (tertiary/aromatic N) is 3. The summed E-state index contributed by atoms with van der Waals surface area (Å²) in [5, 5.41) is 4.42.